The Labute approximate surface area is 117 Å². The number of aliphatic hydroxyl groups excluding tert-OH is 1. The number of azo groups is 1. The van der Waals surface area contributed by atoms with Gasteiger partial charge >= 0.3 is 0 Å². The van der Waals surface area contributed by atoms with Crippen LogP contribution in [0.2, 0.25) is 0 Å². The monoisotopic (exact) mass is 271 g/mol. The highest BCUT2D eigenvalue weighted by Gasteiger charge is 2.40. The summed E-state index contributed by atoms with van der Waals surface area (Å²) in [6.07, 6.45) is 7.96. The Morgan fingerprint density at radius 2 is 2.10 bits per heavy atom. The van der Waals surface area contributed by atoms with Crippen LogP contribution in [0, 0.1) is 0 Å². The maximum atomic E-state index is 12.5. The molecule has 2 fully saturated rings. The Kier molecular flexibility index (Phi) is 2.48. The first kappa shape index (κ1) is 12.0. The van der Waals surface area contributed by atoms with Crippen LogP contribution in [0.15, 0.2) is 44.4 Å². The molecule has 20 heavy (non-hydrogen) atoms. The van der Waals surface area contributed by atoms with E-state index in [9.17, 15) is 9.90 Å². The third kappa shape index (κ3) is 1.69. The Hall–Kier alpha value is -1.75. The van der Waals surface area contributed by atoms with Crippen molar-refractivity contribution in [3.8, 4) is 0 Å². The molecule has 2 N–H and O–H groups in total. The summed E-state index contributed by atoms with van der Waals surface area (Å²) in [5.41, 5.74) is 4.21. The molecule has 0 atom stereocenters. The van der Waals surface area contributed by atoms with Crippen LogP contribution in [0.3, 0.4) is 0 Å². The van der Waals surface area contributed by atoms with Gasteiger partial charge in [0.15, 0.2) is 5.70 Å². The molecule has 4 rings (SSSR count). The van der Waals surface area contributed by atoms with Gasteiger partial charge in [0.1, 0.15) is 0 Å². The normalized spacial score (nSPS) is 25.6. The first-order chi connectivity index (χ1) is 9.72. The number of carbonyl (C=O) groups is 1. The lowest BCUT2D eigenvalue weighted by Crippen LogP contribution is -2.52. The van der Waals surface area contributed by atoms with Crippen LogP contribution in [-0.2, 0) is 4.79 Å². The Balaban J connectivity index is 1.57. The third-order valence-corrected chi connectivity index (χ3v) is 4.70. The predicted octanol–water partition coefficient (Wildman–Crippen LogP) is 2.12. The maximum absolute atomic E-state index is 12.5. The van der Waals surface area contributed by atoms with Gasteiger partial charge in [-0.3, -0.25) is 4.79 Å². The molecule has 0 aromatic rings. The number of carbonyl (C=O) groups excluding carboxylic acids is 1. The Morgan fingerprint density at radius 3 is 2.85 bits per heavy atom. The third-order valence-electron chi connectivity index (χ3n) is 4.70. The molecule has 0 unspecified atom stereocenters. The second kappa shape index (κ2) is 4.12. The van der Waals surface area contributed by atoms with Gasteiger partial charge in [-0.1, -0.05) is 19.3 Å². The van der Waals surface area contributed by atoms with E-state index in [0.717, 1.165) is 43.4 Å². The summed E-state index contributed by atoms with van der Waals surface area (Å²) in [7, 11) is 0. The van der Waals surface area contributed by atoms with Crippen molar-refractivity contribution in [2.24, 2.45) is 10.2 Å². The van der Waals surface area contributed by atoms with Crippen LogP contribution in [0.25, 0.3) is 0 Å². The number of nitrogens with zero attached hydrogens (tertiary/aromatic N) is 2. The molecule has 0 spiro atoms. The Morgan fingerprint density at radius 1 is 1.30 bits per heavy atom. The van der Waals surface area contributed by atoms with Crippen LogP contribution >= 0.6 is 0 Å². The number of rotatable bonds is 3. The smallest absolute Gasteiger partial charge is 0.273 e. The number of nitrogens with one attached hydrogen (secondary N) is 1. The summed E-state index contributed by atoms with van der Waals surface area (Å²) in [6, 6.07) is 0. The van der Waals surface area contributed by atoms with Crippen molar-refractivity contribution in [3.05, 3.63) is 34.2 Å². The van der Waals surface area contributed by atoms with Gasteiger partial charge in [0, 0.05) is 12.0 Å². The van der Waals surface area contributed by atoms with Crippen molar-refractivity contribution in [1.82, 2.24) is 5.32 Å². The van der Waals surface area contributed by atoms with Gasteiger partial charge < -0.3 is 10.4 Å². The molecule has 0 aromatic heterocycles. The van der Waals surface area contributed by atoms with Gasteiger partial charge in [-0.15, -0.1) is 10.2 Å². The number of hydrogen-bond donors (Lipinski definition) is 2. The quantitative estimate of drug-likeness (QED) is 0.825. The molecule has 4 aliphatic rings. The molecule has 0 saturated heterocycles. The topological polar surface area (TPSA) is 74.0 Å². The highest BCUT2D eigenvalue weighted by atomic mass is 16.3. The number of fused-ring (bicyclic) bond motifs is 2. The van der Waals surface area contributed by atoms with Crippen molar-refractivity contribution in [2.45, 2.75) is 44.1 Å². The lowest BCUT2D eigenvalue weighted by atomic mass is 9.82. The zero-order chi connectivity index (χ0) is 13.7. The van der Waals surface area contributed by atoms with Crippen molar-refractivity contribution in [3.63, 3.8) is 0 Å². The molecule has 0 aromatic carbocycles. The van der Waals surface area contributed by atoms with E-state index in [-0.39, 0.29) is 12.5 Å². The fourth-order valence-electron chi connectivity index (χ4n) is 3.39. The van der Waals surface area contributed by atoms with Gasteiger partial charge in [-0.05, 0) is 30.1 Å². The number of allylic oxidation sites excluding steroid dienone is 3. The van der Waals surface area contributed by atoms with Gasteiger partial charge in [-0.2, -0.15) is 0 Å². The van der Waals surface area contributed by atoms with Crippen LogP contribution in [0.4, 0.5) is 0 Å². The number of hydrogen-bond acceptors (Lipinski definition) is 4. The fourth-order valence-corrected chi connectivity index (χ4v) is 3.39. The van der Waals surface area contributed by atoms with E-state index in [2.05, 4.69) is 15.5 Å². The average Bonchev–Trinajstić information content (AvgIpc) is 2.95. The molecule has 0 bridgehead atoms. The van der Waals surface area contributed by atoms with E-state index >= 15 is 0 Å². The molecule has 5 heteroatoms. The summed E-state index contributed by atoms with van der Waals surface area (Å²) in [5, 5.41) is 20.8. The standard InChI is InChI=1S/C15H17N3O2/c19-8-15(4-2-1-3-5-15)16-14(20)13-11-7-9-6-10(9)12(11)17-18-13/h7,19H,1-6,8H2,(H,16,20). The summed E-state index contributed by atoms with van der Waals surface area (Å²) in [5.74, 6) is -0.201. The van der Waals surface area contributed by atoms with E-state index in [1.807, 2.05) is 6.08 Å². The summed E-state index contributed by atoms with van der Waals surface area (Å²) >= 11 is 0. The minimum Gasteiger partial charge on any atom is -0.394 e. The molecular formula is C15H17N3O2. The molecule has 104 valence electrons. The van der Waals surface area contributed by atoms with E-state index in [1.54, 1.807) is 0 Å². The van der Waals surface area contributed by atoms with Crippen LogP contribution < -0.4 is 5.32 Å². The summed E-state index contributed by atoms with van der Waals surface area (Å²) in [4.78, 5) is 12.5. The predicted molar refractivity (Wildman–Crippen MR) is 72.7 cm³/mol. The molecule has 2 saturated carbocycles. The Bertz CT molecular complexity index is 619. The average molecular weight is 271 g/mol. The van der Waals surface area contributed by atoms with Crippen molar-refractivity contribution in [2.75, 3.05) is 6.61 Å². The molecule has 5 nitrogen and oxygen atoms in total. The SMILES string of the molecule is O=C(NC1(CO)CCCCC1)C1=C2C=C3CC3=C2N=N1. The van der Waals surface area contributed by atoms with Gasteiger partial charge in [0.25, 0.3) is 5.91 Å². The molecule has 1 amide bonds. The van der Waals surface area contributed by atoms with Crippen molar-refractivity contribution in [1.29, 1.82) is 0 Å². The minimum atomic E-state index is -0.469. The molecular weight excluding hydrogens is 254 g/mol. The van der Waals surface area contributed by atoms with Gasteiger partial charge in [-0.25, -0.2) is 0 Å². The van der Waals surface area contributed by atoms with E-state index in [4.69, 9.17) is 0 Å². The van der Waals surface area contributed by atoms with E-state index in [1.165, 1.54) is 17.6 Å². The molecule has 3 aliphatic carbocycles. The minimum absolute atomic E-state index is 0.00642. The van der Waals surface area contributed by atoms with Crippen molar-refractivity contribution >= 4 is 5.91 Å². The number of amides is 1. The second-order valence-corrected chi connectivity index (χ2v) is 6.09. The molecule has 1 aliphatic heterocycles. The van der Waals surface area contributed by atoms with Crippen LogP contribution in [0.5, 0.6) is 0 Å². The largest absolute Gasteiger partial charge is 0.394 e. The van der Waals surface area contributed by atoms with Gasteiger partial charge in [0.05, 0.1) is 17.8 Å². The maximum Gasteiger partial charge on any atom is 0.273 e. The van der Waals surface area contributed by atoms with Crippen LogP contribution in [0.1, 0.15) is 38.5 Å². The lowest BCUT2D eigenvalue weighted by Gasteiger charge is -2.36. The highest BCUT2D eigenvalue weighted by molar-refractivity contribution is 5.97. The first-order valence-electron chi connectivity index (χ1n) is 7.26. The van der Waals surface area contributed by atoms with Crippen molar-refractivity contribution < 1.29 is 9.90 Å². The van der Waals surface area contributed by atoms with Crippen LogP contribution in [-0.4, -0.2) is 23.2 Å². The van der Waals surface area contributed by atoms with E-state index < -0.39 is 5.54 Å². The second-order valence-electron chi connectivity index (χ2n) is 6.09. The highest BCUT2D eigenvalue weighted by Crippen LogP contribution is 2.51. The first-order valence-corrected chi connectivity index (χ1v) is 7.26. The molecule has 0 radical (unpaired) electrons. The number of aliphatic hydroxyl groups is 1. The van der Waals surface area contributed by atoms with E-state index in [0.29, 0.717) is 5.70 Å². The lowest BCUT2D eigenvalue weighted by molar-refractivity contribution is -0.120. The molecule has 1 heterocycles. The van der Waals surface area contributed by atoms with Gasteiger partial charge in [0.2, 0.25) is 0 Å². The summed E-state index contributed by atoms with van der Waals surface area (Å²) in [6.45, 7) is -0.00642. The fraction of sp³-hybridized carbons (Fsp3) is 0.533. The zero-order valence-electron chi connectivity index (χ0n) is 11.3. The summed E-state index contributed by atoms with van der Waals surface area (Å²) < 4.78 is 0. The zero-order valence-corrected chi connectivity index (χ0v) is 11.3.